The summed E-state index contributed by atoms with van der Waals surface area (Å²) >= 11 is 0. The summed E-state index contributed by atoms with van der Waals surface area (Å²) in [6, 6.07) is 7.61. The van der Waals surface area contributed by atoms with Gasteiger partial charge in [-0.25, -0.2) is 0 Å². The summed E-state index contributed by atoms with van der Waals surface area (Å²) in [5, 5.41) is 9.79. The Kier molecular flexibility index (Phi) is 2.77. The first-order valence-electron chi connectivity index (χ1n) is 8.22. The highest BCUT2D eigenvalue weighted by molar-refractivity contribution is 6.02. The van der Waals surface area contributed by atoms with Crippen molar-refractivity contribution >= 4 is 17.7 Å². The molecule has 6 nitrogen and oxygen atoms in total. The second kappa shape index (κ2) is 4.37. The Labute approximate surface area is 140 Å². The van der Waals surface area contributed by atoms with Crippen molar-refractivity contribution < 1.29 is 14.3 Å². The molecule has 2 fully saturated rings. The molecule has 6 heteroatoms. The predicted octanol–water partition coefficient (Wildman–Crippen LogP) is 1.98. The van der Waals surface area contributed by atoms with E-state index in [2.05, 4.69) is 5.43 Å². The average molecular weight is 327 g/mol. The second-order valence-corrected chi connectivity index (χ2v) is 7.71. The van der Waals surface area contributed by atoms with Gasteiger partial charge >= 0.3 is 5.97 Å². The molecule has 2 N–H and O–H groups in total. The summed E-state index contributed by atoms with van der Waals surface area (Å²) in [7, 11) is 0. The molecule has 3 aliphatic rings. The lowest BCUT2D eigenvalue weighted by Gasteiger charge is -2.36. The van der Waals surface area contributed by atoms with Gasteiger partial charge in [-0.05, 0) is 25.3 Å². The maximum atomic E-state index is 13.1. The number of esters is 1. The fourth-order valence-corrected chi connectivity index (χ4v) is 4.34. The molecular formula is C18H21N3O3. The van der Waals surface area contributed by atoms with Crippen molar-refractivity contribution in [2.24, 2.45) is 10.8 Å². The molecule has 1 saturated carbocycles. The van der Waals surface area contributed by atoms with Crippen LogP contribution in [0.3, 0.4) is 0 Å². The standard InChI is InChI=1S/C18H21N3O3/c1-16(2)17(3)8-9-18(16,24-15(17)23)14(22)20-21-10-11-6-4-5-7-12(11)13(21)19/h4-7,19H,8-10H2,1-3H3,(H,20,22)/t17-,18-/m0/s1. The summed E-state index contributed by atoms with van der Waals surface area (Å²) in [5.41, 5.74) is 2.26. The lowest BCUT2D eigenvalue weighted by atomic mass is 9.66. The summed E-state index contributed by atoms with van der Waals surface area (Å²) in [5.74, 6) is -0.369. The average Bonchev–Trinajstić information content (AvgIpc) is 3.01. The van der Waals surface area contributed by atoms with Crippen LogP contribution >= 0.6 is 0 Å². The fourth-order valence-electron chi connectivity index (χ4n) is 4.34. The number of carbonyl (C=O) groups excluding carboxylic acids is 2. The van der Waals surface area contributed by atoms with E-state index in [1.54, 1.807) is 0 Å². The molecule has 1 aromatic rings. The van der Waals surface area contributed by atoms with Crippen LogP contribution in [0.2, 0.25) is 0 Å². The molecule has 2 bridgehead atoms. The highest BCUT2D eigenvalue weighted by atomic mass is 16.6. The SMILES string of the molecule is CC1(C)[C@@]2(C)CC[C@@]1(C(=O)NN1Cc3ccccc3C1=N)OC2=O. The summed E-state index contributed by atoms with van der Waals surface area (Å²) < 4.78 is 5.60. The van der Waals surface area contributed by atoms with Gasteiger partial charge in [-0.3, -0.25) is 25.4 Å². The van der Waals surface area contributed by atoms with Gasteiger partial charge in [-0.15, -0.1) is 0 Å². The fraction of sp³-hybridized carbons (Fsp3) is 0.500. The Bertz CT molecular complexity index is 787. The Morgan fingerprint density at radius 1 is 1.25 bits per heavy atom. The van der Waals surface area contributed by atoms with Crippen molar-refractivity contribution in [1.29, 1.82) is 5.41 Å². The number of hydrogen-bond acceptors (Lipinski definition) is 4. The maximum Gasteiger partial charge on any atom is 0.313 e. The Morgan fingerprint density at radius 3 is 2.54 bits per heavy atom. The zero-order valence-electron chi connectivity index (χ0n) is 14.1. The van der Waals surface area contributed by atoms with Crippen LogP contribution in [0.25, 0.3) is 0 Å². The first-order valence-corrected chi connectivity index (χ1v) is 8.22. The van der Waals surface area contributed by atoms with E-state index in [0.29, 0.717) is 19.4 Å². The third-order valence-corrected chi connectivity index (χ3v) is 6.56. The largest absolute Gasteiger partial charge is 0.448 e. The highest BCUT2D eigenvalue weighted by Gasteiger charge is 2.75. The first kappa shape index (κ1) is 15.2. The normalized spacial score (nSPS) is 32.7. The van der Waals surface area contributed by atoms with E-state index in [1.165, 1.54) is 5.01 Å². The molecule has 1 aliphatic carbocycles. The molecule has 1 aromatic carbocycles. The number of carbonyl (C=O) groups is 2. The Balaban J connectivity index is 1.61. The minimum Gasteiger partial charge on any atom is -0.448 e. The monoisotopic (exact) mass is 327 g/mol. The highest BCUT2D eigenvalue weighted by Crippen LogP contribution is 2.65. The van der Waals surface area contributed by atoms with Gasteiger partial charge in [0.2, 0.25) is 0 Å². The molecule has 2 heterocycles. The van der Waals surface area contributed by atoms with Crippen molar-refractivity contribution in [3.63, 3.8) is 0 Å². The quantitative estimate of drug-likeness (QED) is 0.814. The molecule has 126 valence electrons. The van der Waals surface area contributed by atoms with Crippen LogP contribution < -0.4 is 5.43 Å². The number of hydrazine groups is 1. The summed E-state index contributed by atoms with van der Waals surface area (Å²) in [4.78, 5) is 25.4. The third kappa shape index (κ3) is 1.53. The number of hydrogen-bond donors (Lipinski definition) is 2. The van der Waals surface area contributed by atoms with Crippen LogP contribution in [0.4, 0.5) is 0 Å². The van der Waals surface area contributed by atoms with E-state index in [1.807, 2.05) is 45.0 Å². The number of rotatable bonds is 2. The lowest BCUT2D eigenvalue weighted by molar-refractivity contribution is -0.169. The van der Waals surface area contributed by atoms with Gasteiger partial charge in [0.15, 0.2) is 5.60 Å². The lowest BCUT2D eigenvalue weighted by Crippen LogP contribution is -2.57. The van der Waals surface area contributed by atoms with E-state index in [4.69, 9.17) is 10.1 Å². The molecule has 0 radical (unpaired) electrons. The molecule has 1 amide bonds. The third-order valence-electron chi connectivity index (χ3n) is 6.56. The van der Waals surface area contributed by atoms with Crippen molar-refractivity contribution in [3.05, 3.63) is 35.4 Å². The van der Waals surface area contributed by atoms with Crippen LogP contribution in [0.15, 0.2) is 24.3 Å². The zero-order chi connectivity index (χ0) is 17.3. The number of ether oxygens (including phenoxy) is 1. The number of fused-ring (bicyclic) bond motifs is 3. The molecule has 2 aliphatic heterocycles. The molecular weight excluding hydrogens is 306 g/mol. The number of nitrogens with zero attached hydrogens (tertiary/aromatic N) is 1. The summed E-state index contributed by atoms with van der Waals surface area (Å²) in [6.07, 6.45) is 1.16. The minimum atomic E-state index is -1.16. The molecule has 0 spiro atoms. The van der Waals surface area contributed by atoms with Gasteiger partial charge in [0, 0.05) is 11.0 Å². The van der Waals surface area contributed by atoms with Gasteiger partial charge in [-0.1, -0.05) is 38.1 Å². The number of amides is 1. The molecule has 1 saturated heterocycles. The van der Waals surface area contributed by atoms with Crippen molar-refractivity contribution in [3.8, 4) is 0 Å². The first-order chi connectivity index (χ1) is 11.2. The maximum absolute atomic E-state index is 13.1. The van der Waals surface area contributed by atoms with Crippen LogP contribution in [-0.2, 0) is 20.9 Å². The molecule has 24 heavy (non-hydrogen) atoms. The number of nitrogens with one attached hydrogen (secondary N) is 2. The zero-order valence-corrected chi connectivity index (χ0v) is 14.1. The van der Waals surface area contributed by atoms with E-state index in [9.17, 15) is 9.59 Å². The van der Waals surface area contributed by atoms with Crippen LogP contribution in [0.5, 0.6) is 0 Å². The van der Waals surface area contributed by atoms with Crippen molar-refractivity contribution in [2.45, 2.75) is 45.8 Å². The molecule has 2 atom stereocenters. The van der Waals surface area contributed by atoms with Crippen LogP contribution in [0, 0.1) is 16.2 Å². The minimum absolute atomic E-state index is 0.262. The van der Waals surface area contributed by atoms with Gasteiger partial charge in [0.25, 0.3) is 5.91 Å². The Hall–Kier alpha value is -2.37. The molecule has 0 unspecified atom stereocenters. The predicted molar refractivity (Wildman–Crippen MR) is 86.9 cm³/mol. The van der Waals surface area contributed by atoms with Gasteiger partial charge in [-0.2, -0.15) is 0 Å². The van der Waals surface area contributed by atoms with Crippen LogP contribution in [-0.4, -0.2) is 28.3 Å². The topological polar surface area (TPSA) is 82.5 Å². The van der Waals surface area contributed by atoms with E-state index < -0.39 is 16.4 Å². The van der Waals surface area contributed by atoms with E-state index >= 15 is 0 Å². The molecule has 4 rings (SSSR count). The van der Waals surface area contributed by atoms with Gasteiger partial charge in [0.05, 0.1) is 12.0 Å². The Morgan fingerprint density at radius 2 is 1.96 bits per heavy atom. The van der Waals surface area contributed by atoms with E-state index in [0.717, 1.165) is 11.1 Å². The number of amidine groups is 1. The second-order valence-electron chi connectivity index (χ2n) is 7.71. The smallest absolute Gasteiger partial charge is 0.313 e. The van der Waals surface area contributed by atoms with Crippen LogP contribution in [0.1, 0.15) is 44.7 Å². The van der Waals surface area contributed by atoms with Crippen molar-refractivity contribution in [2.75, 3.05) is 0 Å². The van der Waals surface area contributed by atoms with Crippen molar-refractivity contribution in [1.82, 2.24) is 10.4 Å². The molecule has 0 aromatic heterocycles. The van der Waals surface area contributed by atoms with E-state index in [-0.39, 0.29) is 17.7 Å². The van der Waals surface area contributed by atoms with Gasteiger partial charge in [0.1, 0.15) is 5.84 Å². The van der Waals surface area contributed by atoms with Gasteiger partial charge < -0.3 is 4.74 Å². The number of benzene rings is 1. The summed E-state index contributed by atoms with van der Waals surface area (Å²) in [6.45, 7) is 6.18.